The van der Waals surface area contributed by atoms with E-state index in [-0.39, 0.29) is 0 Å². The highest BCUT2D eigenvalue weighted by molar-refractivity contribution is 7.09. The van der Waals surface area contributed by atoms with Gasteiger partial charge in [0.15, 0.2) is 6.39 Å². The Bertz CT molecular complexity index is 296. The van der Waals surface area contributed by atoms with E-state index in [4.69, 9.17) is 4.42 Å². The van der Waals surface area contributed by atoms with Crippen LogP contribution in [0.1, 0.15) is 10.8 Å². The molecule has 2 aromatic heterocycles. The zero-order valence-corrected chi connectivity index (χ0v) is 7.75. The number of rotatable bonds is 4. The average Bonchev–Trinajstić information content (AvgIpc) is 2.75. The van der Waals surface area contributed by atoms with Crippen LogP contribution in [0.5, 0.6) is 0 Å². The molecule has 0 radical (unpaired) electrons. The van der Waals surface area contributed by atoms with Crippen molar-refractivity contribution in [3.05, 3.63) is 34.9 Å². The maximum Gasteiger partial charge on any atom is 0.180 e. The van der Waals surface area contributed by atoms with E-state index in [1.807, 2.05) is 5.38 Å². The number of hydrogen-bond acceptors (Lipinski definition) is 5. The van der Waals surface area contributed by atoms with Gasteiger partial charge in [-0.1, -0.05) is 0 Å². The van der Waals surface area contributed by atoms with Gasteiger partial charge in [-0.3, -0.25) is 0 Å². The van der Waals surface area contributed by atoms with Gasteiger partial charge >= 0.3 is 0 Å². The van der Waals surface area contributed by atoms with E-state index in [9.17, 15) is 0 Å². The summed E-state index contributed by atoms with van der Waals surface area (Å²) in [7, 11) is 0. The van der Waals surface area contributed by atoms with Crippen molar-refractivity contribution in [3.63, 3.8) is 0 Å². The van der Waals surface area contributed by atoms with Crippen LogP contribution >= 0.6 is 11.3 Å². The van der Waals surface area contributed by atoms with Gasteiger partial charge < -0.3 is 9.73 Å². The molecule has 0 fully saturated rings. The van der Waals surface area contributed by atoms with Gasteiger partial charge in [-0.2, -0.15) is 0 Å². The van der Waals surface area contributed by atoms with Crippen LogP contribution in [0, 0.1) is 0 Å². The summed E-state index contributed by atoms with van der Waals surface area (Å²) in [5, 5.41) is 6.25. The number of nitrogens with one attached hydrogen (secondary N) is 1. The van der Waals surface area contributed by atoms with Crippen LogP contribution in [0.15, 0.2) is 28.6 Å². The molecule has 0 bridgehead atoms. The molecule has 2 heterocycles. The summed E-state index contributed by atoms with van der Waals surface area (Å²) in [6, 6.07) is 0. The Hall–Kier alpha value is -1.20. The number of aromatic nitrogens is 2. The third-order valence-electron chi connectivity index (χ3n) is 1.54. The first-order valence-electron chi connectivity index (χ1n) is 3.91. The van der Waals surface area contributed by atoms with Gasteiger partial charge in [0.05, 0.1) is 12.7 Å². The van der Waals surface area contributed by atoms with Crippen LogP contribution in [0.25, 0.3) is 0 Å². The minimum atomic E-state index is 0.694. The van der Waals surface area contributed by atoms with Crippen molar-refractivity contribution < 1.29 is 4.42 Å². The molecule has 0 aromatic carbocycles. The van der Waals surface area contributed by atoms with Crippen molar-refractivity contribution in [2.75, 3.05) is 0 Å². The lowest BCUT2D eigenvalue weighted by Crippen LogP contribution is -2.11. The van der Waals surface area contributed by atoms with Crippen molar-refractivity contribution in [3.8, 4) is 0 Å². The quantitative estimate of drug-likeness (QED) is 0.801. The first-order valence-corrected chi connectivity index (χ1v) is 4.79. The lowest BCUT2D eigenvalue weighted by Gasteiger charge is -1.97. The third kappa shape index (κ3) is 2.37. The predicted octanol–water partition coefficient (Wildman–Crippen LogP) is 1.42. The maximum absolute atomic E-state index is 5.06. The van der Waals surface area contributed by atoms with Crippen molar-refractivity contribution in [1.82, 2.24) is 15.3 Å². The molecule has 68 valence electrons. The zero-order chi connectivity index (χ0) is 8.93. The van der Waals surface area contributed by atoms with Crippen LogP contribution in [0.3, 0.4) is 0 Å². The molecule has 0 aliphatic heterocycles. The molecular formula is C8H9N3OS. The summed E-state index contributed by atoms with van der Waals surface area (Å²) in [5.41, 5.74) is 0. The standard InChI is InChI=1S/C8H9N3OS/c1-2-13-8(11-1)5-9-3-7-4-10-6-12-7/h1-2,4,6,9H,3,5H2. The molecule has 0 saturated carbocycles. The molecule has 0 aliphatic carbocycles. The minimum Gasteiger partial charge on any atom is -0.447 e. The second-order valence-corrected chi connectivity index (χ2v) is 3.48. The zero-order valence-electron chi connectivity index (χ0n) is 6.93. The fraction of sp³-hybridized carbons (Fsp3) is 0.250. The molecule has 1 N–H and O–H groups in total. The van der Waals surface area contributed by atoms with Gasteiger partial charge in [-0.05, 0) is 0 Å². The highest BCUT2D eigenvalue weighted by Crippen LogP contribution is 2.03. The fourth-order valence-electron chi connectivity index (χ4n) is 0.962. The highest BCUT2D eigenvalue weighted by Gasteiger charge is 1.97. The van der Waals surface area contributed by atoms with Gasteiger partial charge in [0.25, 0.3) is 0 Å². The molecule has 2 aromatic rings. The topological polar surface area (TPSA) is 51.0 Å². The summed E-state index contributed by atoms with van der Waals surface area (Å²) in [6.07, 6.45) is 4.94. The van der Waals surface area contributed by atoms with E-state index in [0.29, 0.717) is 6.54 Å². The molecule has 4 nitrogen and oxygen atoms in total. The van der Waals surface area contributed by atoms with Crippen molar-refractivity contribution >= 4 is 11.3 Å². The Morgan fingerprint density at radius 1 is 1.46 bits per heavy atom. The lowest BCUT2D eigenvalue weighted by atomic mass is 10.5. The second-order valence-electron chi connectivity index (χ2n) is 2.50. The number of oxazole rings is 1. The number of nitrogens with zero attached hydrogens (tertiary/aromatic N) is 2. The molecule has 2 rings (SSSR count). The van der Waals surface area contributed by atoms with Crippen molar-refractivity contribution in [1.29, 1.82) is 0 Å². The normalized spacial score (nSPS) is 10.5. The third-order valence-corrected chi connectivity index (χ3v) is 2.32. The molecule has 13 heavy (non-hydrogen) atoms. The fourth-order valence-corrected chi connectivity index (χ4v) is 1.55. The van der Waals surface area contributed by atoms with Crippen LogP contribution in [0.4, 0.5) is 0 Å². The summed E-state index contributed by atoms with van der Waals surface area (Å²) in [5.74, 6) is 0.844. The maximum atomic E-state index is 5.06. The molecule has 5 heteroatoms. The monoisotopic (exact) mass is 195 g/mol. The Morgan fingerprint density at radius 3 is 3.15 bits per heavy atom. The summed E-state index contributed by atoms with van der Waals surface area (Å²) >= 11 is 1.64. The van der Waals surface area contributed by atoms with Gasteiger partial charge in [-0.25, -0.2) is 9.97 Å². The molecule has 0 spiro atoms. The molecule has 0 aliphatic rings. The van der Waals surface area contributed by atoms with E-state index < -0.39 is 0 Å². The molecule has 0 atom stereocenters. The van der Waals surface area contributed by atoms with Crippen molar-refractivity contribution in [2.24, 2.45) is 0 Å². The Balaban J connectivity index is 1.76. The summed E-state index contributed by atoms with van der Waals surface area (Å²) < 4.78 is 5.06. The van der Waals surface area contributed by atoms with Crippen molar-refractivity contribution in [2.45, 2.75) is 13.1 Å². The largest absolute Gasteiger partial charge is 0.447 e. The summed E-state index contributed by atoms with van der Waals surface area (Å²) in [4.78, 5) is 7.96. The molecule has 0 amide bonds. The van der Waals surface area contributed by atoms with E-state index in [2.05, 4.69) is 15.3 Å². The van der Waals surface area contributed by atoms with Gasteiger partial charge in [0.2, 0.25) is 0 Å². The van der Waals surface area contributed by atoms with Crippen LogP contribution in [-0.4, -0.2) is 9.97 Å². The predicted molar refractivity (Wildman–Crippen MR) is 49.2 cm³/mol. The van der Waals surface area contributed by atoms with Gasteiger partial charge in [-0.15, -0.1) is 11.3 Å². The van der Waals surface area contributed by atoms with E-state index in [1.54, 1.807) is 23.7 Å². The molecule has 0 saturated heterocycles. The second kappa shape index (κ2) is 4.15. The lowest BCUT2D eigenvalue weighted by molar-refractivity contribution is 0.479. The number of hydrogen-bond donors (Lipinski definition) is 1. The molecule has 0 unspecified atom stereocenters. The van der Waals surface area contributed by atoms with Crippen LogP contribution in [-0.2, 0) is 13.1 Å². The number of thiazole rings is 1. The van der Waals surface area contributed by atoms with Crippen LogP contribution in [0.2, 0.25) is 0 Å². The smallest absolute Gasteiger partial charge is 0.180 e. The summed E-state index contributed by atoms with van der Waals surface area (Å²) in [6.45, 7) is 1.47. The first-order chi connectivity index (χ1) is 6.45. The Kier molecular flexibility index (Phi) is 2.68. The van der Waals surface area contributed by atoms with E-state index >= 15 is 0 Å². The van der Waals surface area contributed by atoms with Gasteiger partial charge in [0, 0.05) is 18.1 Å². The molecular weight excluding hydrogens is 186 g/mol. The SMILES string of the molecule is c1csc(CNCc2cnco2)n1. The van der Waals surface area contributed by atoms with E-state index in [1.165, 1.54) is 6.39 Å². The highest BCUT2D eigenvalue weighted by atomic mass is 32.1. The average molecular weight is 195 g/mol. The van der Waals surface area contributed by atoms with Gasteiger partial charge in [0.1, 0.15) is 10.8 Å². The first kappa shape index (κ1) is 8.40. The Labute approximate surface area is 79.6 Å². The van der Waals surface area contributed by atoms with Crippen LogP contribution < -0.4 is 5.32 Å². The Morgan fingerprint density at radius 2 is 2.46 bits per heavy atom. The minimum absolute atomic E-state index is 0.694. The van der Waals surface area contributed by atoms with E-state index in [0.717, 1.165) is 17.3 Å².